The Balaban J connectivity index is 2.02. The molecule has 2 aromatic carbocycles. The van der Waals surface area contributed by atoms with Crippen LogP contribution in [0.1, 0.15) is 22.8 Å². The van der Waals surface area contributed by atoms with Crippen molar-refractivity contribution >= 4 is 34.7 Å². The van der Waals surface area contributed by atoms with Gasteiger partial charge in [-0.1, -0.05) is 11.6 Å². The van der Waals surface area contributed by atoms with Crippen molar-refractivity contribution in [2.45, 2.75) is 13.1 Å². The monoisotopic (exact) mass is 370 g/mol. The fraction of sp³-hybridized carbons (Fsp3) is 0.176. The van der Waals surface area contributed by atoms with Crippen molar-refractivity contribution in [2.24, 2.45) is 0 Å². The molecule has 8 heteroatoms. The fourth-order valence-electron chi connectivity index (χ4n) is 2.07. The van der Waals surface area contributed by atoms with Crippen LogP contribution >= 0.6 is 11.6 Å². The topological polar surface area (TPSA) is 58.2 Å². The number of alkyl halides is 3. The second-order valence-electron chi connectivity index (χ2n) is 5.22. The van der Waals surface area contributed by atoms with E-state index in [2.05, 4.69) is 10.6 Å². The highest BCUT2D eigenvalue weighted by molar-refractivity contribution is 6.30. The zero-order valence-electron chi connectivity index (χ0n) is 13.1. The molecule has 4 nitrogen and oxygen atoms in total. The summed E-state index contributed by atoms with van der Waals surface area (Å²) in [7, 11) is 0. The molecular formula is C17H14ClF3N2O2. The molecule has 0 aromatic heterocycles. The first-order valence-corrected chi connectivity index (χ1v) is 7.56. The predicted octanol–water partition coefficient (Wildman–Crippen LogP) is 4.61. The maximum Gasteiger partial charge on any atom is 0.418 e. The summed E-state index contributed by atoms with van der Waals surface area (Å²) in [5.41, 5.74) is -0.256. The number of ketones is 1. The van der Waals surface area contributed by atoms with Gasteiger partial charge in [-0.25, -0.2) is 0 Å². The second kappa shape index (κ2) is 7.57. The average Bonchev–Trinajstić information content (AvgIpc) is 2.53. The van der Waals surface area contributed by atoms with Crippen LogP contribution in [0.2, 0.25) is 5.02 Å². The molecular weight excluding hydrogens is 357 g/mol. The minimum Gasteiger partial charge on any atom is -0.376 e. The van der Waals surface area contributed by atoms with E-state index in [0.717, 1.165) is 6.07 Å². The Hall–Kier alpha value is -2.54. The maximum absolute atomic E-state index is 13.0. The fourth-order valence-corrected chi connectivity index (χ4v) is 2.25. The molecule has 0 atom stereocenters. The largest absolute Gasteiger partial charge is 0.418 e. The van der Waals surface area contributed by atoms with Crippen molar-refractivity contribution in [2.75, 3.05) is 17.2 Å². The van der Waals surface area contributed by atoms with E-state index in [4.69, 9.17) is 11.6 Å². The highest BCUT2D eigenvalue weighted by Crippen LogP contribution is 2.36. The molecule has 0 bridgehead atoms. The molecule has 0 spiro atoms. The molecule has 0 aliphatic heterocycles. The maximum atomic E-state index is 13.0. The molecule has 2 aromatic rings. The lowest BCUT2D eigenvalue weighted by molar-refractivity contribution is -0.137. The Morgan fingerprint density at radius 2 is 1.72 bits per heavy atom. The van der Waals surface area contributed by atoms with Crippen molar-refractivity contribution in [1.29, 1.82) is 0 Å². The third kappa shape index (κ3) is 5.22. The third-order valence-electron chi connectivity index (χ3n) is 3.30. The molecule has 0 saturated carbocycles. The summed E-state index contributed by atoms with van der Waals surface area (Å²) in [6, 6.07) is 9.44. The number of amides is 1. The van der Waals surface area contributed by atoms with Crippen molar-refractivity contribution in [3.8, 4) is 0 Å². The molecule has 1 amide bonds. The first-order valence-electron chi connectivity index (χ1n) is 7.18. The van der Waals surface area contributed by atoms with Crippen LogP contribution in [0.4, 0.5) is 24.5 Å². The number of carbonyl (C=O) groups excluding carboxylic acids is 2. The Morgan fingerprint density at radius 1 is 1.08 bits per heavy atom. The van der Waals surface area contributed by atoms with Crippen LogP contribution in [0.3, 0.4) is 0 Å². The lowest BCUT2D eigenvalue weighted by Gasteiger charge is -2.15. The molecule has 25 heavy (non-hydrogen) atoms. The van der Waals surface area contributed by atoms with Gasteiger partial charge in [-0.3, -0.25) is 9.59 Å². The van der Waals surface area contributed by atoms with Gasteiger partial charge in [0.05, 0.1) is 12.1 Å². The number of Topliss-reactive ketones (excluding diaryl/α,β-unsaturated/α-hetero) is 1. The van der Waals surface area contributed by atoms with E-state index in [1.165, 1.54) is 31.2 Å². The number of halogens is 4. The van der Waals surface area contributed by atoms with Gasteiger partial charge in [0, 0.05) is 22.0 Å². The normalized spacial score (nSPS) is 11.1. The Bertz CT molecular complexity index is 789. The average molecular weight is 371 g/mol. The number of nitrogens with one attached hydrogen (secondary N) is 2. The van der Waals surface area contributed by atoms with E-state index in [0.29, 0.717) is 11.3 Å². The van der Waals surface area contributed by atoms with E-state index in [1.807, 2.05) is 0 Å². The van der Waals surface area contributed by atoms with Crippen LogP contribution in [-0.2, 0) is 11.0 Å². The van der Waals surface area contributed by atoms with E-state index in [9.17, 15) is 22.8 Å². The molecule has 2 rings (SSSR count). The molecule has 0 aliphatic rings. The zero-order chi connectivity index (χ0) is 18.6. The second-order valence-corrected chi connectivity index (χ2v) is 5.66. The number of hydrogen-bond acceptors (Lipinski definition) is 3. The molecule has 2 N–H and O–H groups in total. The van der Waals surface area contributed by atoms with Crippen molar-refractivity contribution in [1.82, 2.24) is 0 Å². The number of rotatable bonds is 5. The summed E-state index contributed by atoms with van der Waals surface area (Å²) >= 11 is 5.60. The SMILES string of the molecule is CC(=O)c1ccc(NC(=O)CNc2ccc(Cl)cc2C(F)(F)F)cc1. The highest BCUT2D eigenvalue weighted by Gasteiger charge is 2.33. The molecule has 0 fully saturated rings. The zero-order valence-corrected chi connectivity index (χ0v) is 13.8. The Kier molecular flexibility index (Phi) is 5.69. The summed E-state index contributed by atoms with van der Waals surface area (Å²) < 4.78 is 38.9. The summed E-state index contributed by atoms with van der Waals surface area (Å²) in [5.74, 6) is -0.638. The molecule has 0 heterocycles. The highest BCUT2D eigenvalue weighted by atomic mass is 35.5. The van der Waals surface area contributed by atoms with Crippen LogP contribution in [0.15, 0.2) is 42.5 Å². The molecule has 0 radical (unpaired) electrons. The van der Waals surface area contributed by atoms with Gasteiger partial charge in [0.15, 0.2) is 5.78 Å². The van der Waals surface area contributed by atoms with Crippen LogP contribution in [-0.4, -0.2) is 18.2 Å². The third-order valence-corrected chi connectivity index (χ3v) is 3.54. The Labute approximate surface area is 147 Å². The standard InChI is InChI=1S/C17H14ClF3N2O2/c1-10(24)11-2-5-13(6-3-11)23-16(25)9-22-15-7-4-12(18)8-14(15)17(19,20)21/h2-8,22H,9H2,1H3,(H,23,25). The minimum atomic E-state index is -4.59. The summed E-state index contributed by atoms with van der Waals surface area (Å²) in [4.78, 5) is 23.1. The lowest BCUT2D eigenvalue weighted by atomic mass is 10.1. The van der Waals surface area contributed by atoms with Gasteiger partial charge in [0.1, 0.15) is 0 Å². The van der Waals surface area contributed by atoms with E-state index in [-0.39, 0.29) is 23.0 Å². The van der Waals surface area contributed by atoms with Crippen molar-refractivity contribution < 1.29 is 22.8 Å². The Morgan fingerprint density at radius 3 is 2.28 bits per heavy atom. The number of benzene rings is 2. The summed E-state index contributed by atoms with van der Waals surface area (Å²) in [5, 5.41) is 4.93. The number of anilines is 2. The van der Waals surface area contributed by atoms with Gasteiger partial charge in [-0.15, -0.1) is 0 Å². The minimum absolute atomic E-state index is 0.0483. The first kappa shape index (κ1) is 18.8. The van der Waals surface area contributed by atoms with Crippen LogP contribution in [0, 0.1) is 0 Å². The summed E-state index contributed by atoms with van der Waals surface area (Å²) in [6.07, 6.45) is -4.59. The van der Waals surface area contributed by atoms with Gasteiger partial charge < -0.3 is 10.6 Å². The van der Waals surface area contributed by atoms with Gasteiger partial charge in [-0.05, 0) is 49.4 Å². The summed E-state index contributed by atoms with van der Waals surface area (Å²) in [6.45, 7) is 1.06. The van der Waals surface area contributed by atoms with Crippen LogP contribution in [0.5, 0.6) is 0 Å². The van der Waals surface area contributed by atoms with Crippen LogP contribution in [0.25, 0.3) is 0 Å². The van der Waals surface area contributed by atoms with Crippen LogP contribution < -0.4 is 10.6 Å². The number of hydrogen-bond donors (Lipinski definition) is 2. The van der Waals surface area contributed by atoms with Gasteiger partial charge >= 0.3 is 6.18 Å². The van der Waals surface area contributed by atoms with Gasteiger partial charge in [0.25, 0.3) is 0 Å². The molecule has 0 unspecified atom stereocenters. The molecule has 132 valence electrons. The molecule has 0 aliphatic carbocycles. The van der Waals surface area contributed by atoms with Crippen molar-refractivity contribution in [3.05, 3.63) is 58.6 Å². The van der Waals surface area contributed by atoms with E-state index >= 15 is 0 Å². The van der Waals surface area contributed by atoms with Crippen molar-refractivity contribution in [3.63, 3.8) is 0 Å². The van der Waals surface area contributed by atoms with E-state index < -0.39 is 17.6 Å². The smallest absolute Gasteiger partial charge is 0.376 e. The lowest BCUT2D eigenvalue weighted by Crippen LogP contribution is -2.23. The molecule has 0 saturated heterocycles. The van der Waals surface area contributed by atoms with E-state index in [1.54, 1.807) is 12.1 Å². The van der Waals surface area contributed by atoms with Gasteiger partial charge in [0.2, 0.25) is 5.91 Å². The first-order chi connectivity index (χ1) is 11.7. The number of carbonyl (C=O) groups is 2. The van der Waals surface area contributed by atoms with Gasteiger partial charge in [-0.2, -0.15) is 13.2 Å². The quantitative estimate of drug-likeness (QED) is 0.755. The predicted molar refractivity (Wildman–Crippen MR) is 90.0 cm³/mol.